The molecule has 0 N–H and O–H groups in total. The fourth-order valence-corrected chi connectivity index (χ4v) is 3.76. The van der Waals surface area contributed by atoms with E-state index in [1.165, 1.54) is 25.6 Å². The summed E-state index contributed by atoms with van der Waals surface area (Å²) in [7, 11) is 0. The molecule has 3 rings (SSSR count). The van der Waals surface area contributed by atoms with Gasteiger partial charge in [0.1, 0.15) is 6.10 Å². The van der Waals surface area contributed by atoms with E-state index in [0.29, 0.717) is 5.75 Å². The monoisotopic (exact) mass is 304 g/mol. The molecule has 6 atom stereocenters. The summed E-state index contributed by atoms with van der Waals surface area (Å²) in [5.74, 6) is -0.390. The van der Waals surface area contributed by atoms with Gasteiger partial charge in [0.2, 0.25) is 5.12 Å². The lowest BCUT2D eigenvalue weighted by atomic mass is 9.99. The lowest BCUT2D eigenvalue weighted by molar-refractivity contribution is -0.251. The SMILES string of the molecule is CC(=O)O[C@@H]1[C@@H]2OC3(C)O[C@@H]2O[C@H](CS3)[C@H]1OC(C)=O. The number of rotatable bonds is 2. The number of ether oxygens (including phenoxy) is 5. The molecular formula is C12H16O7S. The van der Waals surface area contributed by atoms with Crippen LogP contribution in [-0.4, -0.2) is 53.5 Å². The Kier molecular flexibility index (Phi) is 3.44. The van der Waals surface area contributed by atoms with Crippen molar-refractivity contribution in [2.24, 2.45) is 0 Å². The average molecular weight is 304 g/mol. The molecule has 112 valence electrons. The van der Waals surface area contributed by atoms with Gasteiger partial charge in [-0.3, -0.25) is 9.59 Å². The molecule has 20 heavy (non-hydrogen) atoms. The molecule has 0 amide bonds. The molecule has 1 unspecified atom stereocenters. The van der Waals surface area contributed by atoms with Crippen LogP contribution >= 0.6 is 11.8 Å². The van der Waals surface area contributed by atoms with Gasteiger partial charge in [-0.1, -0.05) is 11.8 Å². The zero-order chi connectivity index (χ0) is 14.5. The molecule has 0 radical (unpaired) electrons. The Hall–Kier alpha value is -0.830. The predicted octanol–water partition coefficient (Wildman–Crippen LogP) is 0.411. The molecule has 0 aromatic rings. The summed E-state index contributed by atoms with van der Waals surface area (Å²) in [6, 6.07) is 0. The van der Waals surface area contributed by atoms with Gasteiger partial charge in [0.25, 0.3) is 0 Å². The van der Waals surface area contributed by atoms with Crippen LogP contribution in [0, 0.1) is 0 Å². The van der Waals surface area contributed by atoms with Crippen LogP contribution in [0.4, 0.5) is 0 Å². The van der Waals surface area contributed by atoms with Crippen molar-refractivity contribution in [3.8, 4) is 0 Å². The van der Waals surface area contributed by atoms with E-state index in [2.05, 4.69) is 0 Å². The van der Waals surface area contributed by atoms with Gasteiger partial charge in [0.15, 0.2) is 24.6 Å². The number of hydrogen-bond acceptors (Lipinski definition) is 8. The first-order valence-electron chi connectivity index (χ1n) is 6.37. The summed E-state index contributed by atoms with van der Waals surface area (Å²) in [5.41, 5.74) is 0. The number of esters is 2. The van der Waals surface area contributed by atoms with Gasteiger partial charge in [-0.15, -0.1) is 0 Å². The Balaban J connectivity index is 1.90. The van der Waals surface area contributed by atoms with Crippen molar-refractivity contribution in [3.05, 3.63) is 0 Å². The van der Waals surface area contributed by atoms with Gasteiger partial charge in [0.05, 0.1) is 0 Å². The molecule has 0 saturated carbocycles. The molecule has 3 fully saturated rings. The van der Waals surface area contributed by atoms with Crippen LogP contribution in [0.25, 0.3) is 0 Å². The molecule has 3 aliphatic rings. The van der Waals surface area contributed by atoms with Gasteiger partial charge in [-0.2, -0.15) is 0 Å². The number of carbonyl (C=O) groups excluding carboxylic acids is 2. The normalized spacial score (nSPS) is 45.9. The first kappa shape index (κ1) is 14.1. The molecule has 0 aromatic heterocycles. The van der Waals surface area contributed by atoms with E-state index in [1.54, 1.807) is 6.92 Å². The smallest absolute Gasteiger partial charge is 0.303 e. The first-order valence-corrected chi connectivity index (χ1v) is 7.36. The summed E-state index contributed by atoms with van der Waals surface area (Å²) < 4.78 is 27.9. The van der Waals surface area contributed by atoms with Crippen molar-refractivity contribution in [2.45, 2.75) is 56.6 Å². The molecule has 3 aliphatic heterocycles. The van der Waals surface area contributed by atoms with Crippen LogP contribution in [0.1, 0.15) is 20.8 Å². The highest BCUT2D eigenvalue weighted by atomic mass is 32.2. The van der Waals surface area contributed by atoms with Crippen molar-refractivity contribution in [1.29, 1.82) is 0 Å². The summed E-state index contributed by atoms with van der Waals surface area (Å²) >= 11 is 1.44. The van der Waals surface area contributed by atoms with Crippen molar-refractivity contribution in [3.63, 3.8) is 0 Å². The number of thioether (sulfide) groups is 1. The van der Waals surface area contributed by atoms with E-state index < -0.39 is 41.7 Å². The topological polar surface area (TPSA) is 80.3 Å². The fourth-order valence-electron chi connectivity index (χ4n) is 2.68. The van der Waals surface area contributed by atoms with Crippen LogP contribution in [-0.2, 0) is 33.3 Å². The minimum atomic E-state index is -0.816. The third kappa shape index (κ3) is 2.41. The average Bonchev–Trinajstić information content (AvgIpc) is 2.56. The Morgan fingerprint density at radius 2 is 1.80 bits per heavy atom. The molecule has 0 aromatic carbocycles. The van der Waals surface area contributed by atoms with Crippen molar-refractivity contribution in [2.75, 3.05) is 5.75 Å². The maximum Gasteiger partial charge on any atom is 0.303 e. The second-order valence-corrected chi connectivity index (χ2v) is 6.43. The second-order valence-electron chi connectivity index (χ2n) is 5.06. The number of carbonyl (C=O) groups is 2. The molecule has 8 heteroatoms. The van der Waals surface area contributed by atoms with Gasteiger partial charge in [-0.25, -0.2) is 0 Å². The van der Waals surface area contributed by atoms with Crippen LogP contribution < -0.4 is 0 Å². The molecule has 3 saturated heterocycles. The quantitative estimate of drug-likeness (QED) is 0.679. The van der Waals surface area contributed by atoms with Crippen LogP contribution in [0.15, 0.2) is 0 Å². The third-order valence-corrected chi connectivity index (χ3v) is 4.60. The zero-order valence-corrected chi connectivity index (χ0v) is 12.2. The molecule has 7 nitrogen and oxygen atoms in total. The van der Waals surface area contributed by atoms with Gasteiger partial charge in [-0.05, 0) is 0 Å². The lowest BCUT2D eigenvalue weighted by Gasteiger charge is -2.42. The summed E-state index contributed by atoms with van der Waals surface area (Å²) in [4.78, 5) is 22.6. The van der Waals surface area contributed by atoms with Gasteiger partial charge >= 0.3 is 11.9 Å². The summed E-state index contributed by atoms with van der Waals surface area (Å²) in [6.45, 7) is 4.41. The standard InChI is InChI=1S/C12H16O7S/c1-5(13)15-8-7-4-20-12(3)18-10(11(17-7)19-12)9(8)16-6(2)14/h7-11H,4H2,1-3H3/t7-,8-,9+,10+,11+,12?/m1/s1. The summed E-state index contributed by atoms with van der Waals surface area (Å²) in [6.07, 6.45) is -3.01. The Morgan fingerprint density at radius 3 is 2.45 bits per heavy atom. The third-order valence-electron chi connectivity index (χ3n) is 3.39. The Bertz CT molecular complexity index is 442. The molecule has 3 heterocycles. The van der Waals surface area contributed by atoms with E-state index >= 15 is 0 Å². The Labute approximate surface area is 120 Å². The molecule has 0 spiro atoms. The highest BCUT2D eigenvalue weighted by molar-refractivity contribution is 8.00. The van der Waals surface area contributed by atoms with Crippen LogP contribution in [0.3, 0.4) is 0 Å². The fraction of sp³-hybridized carbons (Fsp3) is 0.833. The highest BCUT2D eigenvalue weighted by Gasteiger charge is 2.61. The first-order chi connectivity index (χ1) is 9.38. The maximum atomic E-state index is 11.3. The van der Waals surface area contributed by atoms with E-state index in [-0.39, 0.29) is 6.10 Å². The zero-order valence-electron chi connectivity index (χ0n) is 11.4. The van der Waals surface area contributed by atoms with E-state index in [9.17, 15) is 9.59 Å². The minimum absolute atomic E-state index is 0.389. The van der Waals surface area contributed by atoms with Crippen LogP contribution in [0.2, 0.25) is 0 Å². The highest BCUT2D eigenvalue weighted by Crippen LogP contribution is 2.48. The van der Waals surface area contributed by atoms with Crippen molar-refractivity contribution >= 4 is 23.7 Å². The van der Waals surface area contributed by atoms with E-state index in [0.717, 1.165) is 0 Å². The Morgan fingerprint density at radius 1 is 1.15 bits per heavy atom. The van der Waals surface area contributed by atoms with Crippen molar-refractivity contribution in [1.82, 2.24) is 0 Å². The largest absolute Gasteiger partial charge is 0.456 e. The summed E-state index contributed by atoms with van der Waals surface area (Å²) in [5, 5.41) is -0.816. The molecule has 0 aliphatic carbocycles. The van der Waals surface area contributed by atoms with E-state index in [4.69, 9.17) is 23.7 Å². The number of fused-ring (bicyclic) bond motifs is 2. The molecular weight excluding hydrogens is 288 g/mol. The van der Waals surface area contributed by atoms with Crippen LogP contribution in [0.5, 0.6) is 0 Å². The number of hydrogen-bond donors (Lipinski definition) is 0. The van der Waals surface area contributed by atoms with Gasteiger partial charge in [0, 0.05) is 26.5 Å². The second kappa shape index (κ2) is 4.87. The minimum Gasteiger partial charge on any atom is -0.456 e. The van der Waals surface area contributed by atoms with E-state index in [1.807, 2.05) is 0 Å². The maximum absolute atomic E-state index is 11.3. The lowest BCUT2D eigenvalue weighted by Crippen LogP contribution is -2.60. The van der Waals surface area contributed by atoms with Gasteiger partial charge < -0.3 is 23.7 Å². The van der Waals surface area contributed by atoms with Crippen molar-refractivity contribution < 1.29 is 33.3 Å². The molecule has 3 bridgehead atoms. The predicted molar refractivity (Wildman–Crippen MR) is 66.6 cm³/mol.